The number of carbonyl (C=O) groups excluding carboxylic acids is 1. The van der Waals surface area contributed by atoms with Crippen LogP contribution in [0.15, 0.2) is 5.10 Å². The van der Waals surface area contributed by atoms with Gasteiger partial charge in [-0.1, -0.05) is 0 Å². The maximum Gasteiger partial charge on any atom is 0.224 e. The Balaban J connectivity index is 3.65. The summed E-state index contributed by atoms with van der Waals surface area (Å²) in [5, 5.41) is 19.0. The number of amides is 1. The molecule has 0 heterocycles. The van der Waals surface area contributed by atoms with Crippen LogP contribution in [0.1, 0.15) is 6.92 Å². The Kier molecular flexibility index (Phi) is 4.11. The van der Waals surface area contributed by atoms with E-state index in [1.165, 1.54) is 14.0 Å². The number of nitrogens with one attached hydrogen (secondary N) is 1. The standard InChI is InChI=1S/C4H10N4O3/c1-4(9)7(2)3-5-6-8(10)11/h3,6,10-11H,1-2H3/b5-3-. The molecule has 1 amide bonds. The fourth-order valence-electron chi connectivity index (χ4n) is 0.245. The van der Waals surface area contributed by atoms with Crippen LogP contribution < -0.4 is 5.53 Å². The molecule has 0 saturated carbocycles. The summed E-state index contributed by atoms with van der Waals surface area (Å²) in [6.45, 7) is 1.35. The van der Waals surface area contributed by atoms with Crippen LogP contribution in [0.4, 0.5) is 0 Å². The Morgan fingerprint density at radius 2 is 2.18 bits per heavy atom. The molecule has 0 aromatic carbocycles. The Morgan fingerprint density at radius 3 is 2.55 bits per heavy atom. The highest BCUT2D eigenvalue weighted by atomic mass is 16.8. The average molecular weight is 162 g/mol. The molecule has 0 atom stereocenters. The molecule has 0 rings (SSSR count). The number of hydrazine groups is 1. The molecule has 0 aliphatic heterocycles. The van der Waals surface area contributed by atoms with Crippen LogP contribution in [0.25, 0.3) is 0 Å². The lowest BCUT2D eigenvalue weighted by Gasteiger charge is -2.07. The molecule has 7 nitrogen and oxygen atoms in total. The minimum atomic E-state index is -0.329. The normalized spacial score (nSPS) is 10.6. The van der Waals surface area contributed by atoms with Crippen molar-refractivity contribution in [2.75, 3.05) is 7.05 Å². The second-order valence-corrected chi connectivity index (χ2v) is 1.76. The summed E-state index contributed by atoms with van der Waals surface area (Å²) in [6.07, 6.45) is 1.10. The molecule has 3 N–H and O–H groups in total. The highest BCUT2D eigenvalue weighted by Crippen LogP contribution is 1.75. The Bertz CT molecular complexity index is 157. The molecular weight excluding hydrogens is 152 g/mol. The number of hydrogen-bond donors (Lipinski definition) is 3. The molecule has 0 aromatic rings. The first-order chi connectivity index (χ1) is 5.04. The summed E-state index contributed by atoms with van der Waals surface area (Å²) in [5.41, 5.74) is 1.75. The van der Waals surface area contributed by atoms with Crippen LogP contribution in [0.2, 0.25) is 0 Å². The zero-order valence-electron chi connectivity index (χ0n) is 6.22. The molecular formula is C4H10N4O3. The first-order valence-corrected chi connectivity index (χ1v) is 2.74. The maximum absolute atomic E-state index is 10.5. The number of carbonyl (C=O) groups is 1. The van der Waals surface area contributed by atoms with Crippen LogP contribution in [-0.2, 0) is 4.79 Å². The maximum atomic E-state index is 10.5. The topological polar surface area (TPSA) is 88.4 Å². The largest absolute Gasteiger partial charge is 0.305 e. The van der Waals surface area contributed by atoms with E-state index in [1.807, 2.05) is 0 Å². The molecule has 0 aromatic heterocycles. The third kappa shape index (κ3) is 5.27. The summed E-state index contributed by atoms with van der Waals surface area (Å²) < 4.78 is 0. The summed E-state index contributed by atoms with van der Waals surface area (Å²) in [7, 11) is 1.48. The van der Waals surface area contributed by atoms with E-state index in [0.29, 0.717) is 0 Å². The highest BCUT2D eigenvalue weighted by molar-refractivity contribution is 5.85. The van der Waals surface area contributed by atoms with Gasteiger partial charge in [-0.2, -0.15) is 10.6 Å². The smallest absolute Gasteiger partial charge is 0.224 e. The van der Waals surface area contributed by atoms with Crippen LogP contribution in [0, 0.1) is 0 Å². The van der Waals surface area contributed by atoms with Gasteiger partial charge in [0.05, 0.1) is 0 Å². The molecule has 0 saturated heterocycles. The predicted molar refractivity (Wildman–Crippen MR) is 35.5 cm³/mol. The van der Waals surface area contributed by atoms with E-state index in [1.54, 1.807) is 5.53 Å². The predicted octanol–water partition coefficient (Wildman–Crippen LogP) is -1.01. The van der Waals surface area contributed by atoms with Crippen LogP contribution in [-0.4, -0.2) is 39.9 Å². The molecule has 0 radical (unpaired) electrons. The first kappa shape index (κ1) is 9.82. The lowest BCUT2D eigenvalue weighted by atomic mass is 10.6. The zero-order chi connectivity index (χ0) is 8.85. The van der Waals surface area contributed by atoms with Crippen LogP contribution >= 0.6 is 0 Å². The van der Waals surface area contributed by atoms with Crippen molar-refractivity contribution in [3.05, 3.63) is 0 Å². The third-order valence-corrected chi connectivity index (χ3v) is 0.875. The van der Waals surface area contributed by atoms with Crippen molar-refractivity contribution in [3.63, 3.8) is 0 Å². The molecule has 0 spiro atoms. The van der Waals surface area contributed by atoms with Crippen molar-refractivity contribution in [3.8, 4) is 0 Å². The molecule has 0 aliphatic carbocycles. The molecule has 64 valence electrons. The fourth-order valence-corrected chi connectivity index (χ4v) is 0.245. The van der Waals surface area contributed by atoms with Crippen molar-refractivity contribution in [2.45, 2.75) is 6.92 Å². The number of hydrogen-bond acceptors (Lipinski definition) is 6. The van der Waals surface area contributed by atoms with E-state index < -0.39 is 0 Å². The van der Waals surface area contributed by atoms with Crippen LogP contribution in [0.3, 0.4) is 0 Å². The van der Waals surface area contributed by atoms with Gasteiger partial charge in [0.15, 0.2) is 0 Å². The molecule has 7 heteroatoms. The van der Waals surface area contributed by atoms with Crippen molar-refractivity contribution >= 4 is 12.2 Å². The number of rotatable bonds is 3. The fraction of sp³-hybridized carbons (Fsp3) is 0.500. The van der Waals surface area contributed by atoms with Gasteiger partial charge in [0.2, 0.25) is 5.91 Å². The van der Waals surface area contributed by atoms with E-state index in [2.05, 4.69) is 5.10 Å². The summed E-state index contributed by atoms with van der Waals surface area (Å²) >= 11 is 0. The molecule has 0 bridgehead atoms. The van der Waals surface area contributed by atoms with Gasteiger partial charge in [0, 0.05) is 19.3 Å². The Morgan fingerprint density at radius 1 is 1.64 bits per heavy atom. The van der Waals surface area contributed by atoms with E-state index in [9.17, 15) is 4.79 Å². The van der Waals surface area contributed by atoms with Gasteiger partial charge < -0.3 is 4.90 Å². The number of nitrogens with zero attached hydrogens (tertiary/aromatic N) is 3. The monoisotopic (exact) mass is 162 g/mol. The SMILES string of the molecule is CC(=O)N(C)/C=N\NN(O)O. The summed E-state index contributed by atoms with van der Waals surface area (Å²) in [4.78, 5) is 11.7. The second-order valence-electron chi connectivity index (χ2n) is 1.76. The molecule has 11 heavy (non-hydrogen) atoms. The van der Waals surface area contributed by atoms with Gasteiger partial charge in [0.25, 0.3) is 0 Å². The van der Waals surface area contributed by atoms with Gasteiger partial charge in [0.1, 0.15) is 6.34 Å². The minimum absolute atomic E-state index is 0.210. The lowest BCUT2D eigenvalue weighted by molar-refractivity contribution is -0.342. The molecule has 0 aliphatic rings. The summed E-state index contributed by atoms with van der Waals surface area (Å²) in [6, 6.07) is 0. The Hall–Kier alpha value is -1.18. The quantitative estimate of drug-likeness (QED) is 0.281. The van der Waals surface area contributed by atoms with Gasteiger partial charge in [-0.05, 0) is 0 Å². The van der Waals surface area contributed by atoms with E-state index in [0.717, 1.165) is 11.2 Å². The Labute approximate surface area is 63.4 Å². The third-order valence-electron chi connectivity index (χ3n) is 0.875. The van der Waals surface area contributed by atoms with Crippen molar-refractivity contribution in [1.82, 2.24) is 15.8 Å². The van der Waals surface area contributed by atoms with Gasteiger partial charge >= 0.3 is 0 Å². The highest BCUT2D eigenvalue weighted by Gasteiger charge is 1.95. The second kappa shape index (κ2) is 4.61. The lowest BCUT2D eigenvalue weighted by Crippen LogP contribution is -2.29. The molecule has 0 fully saturated rings. The van der Waals surface area contributed by atoms with Gasteiger partial charge in [-0.25, -0.2) is 0 Å². The molecule has 0 unspecified atom stereocenters. The zero-order valence-corrected chi connectivity index (χ0v) is 6.22. The van der Waals surface area contributed by atoms with Crippen molar-refractivity contribution in [2.24, 2.45) is 5.10 Å². The van der Waals surface area contributed by atoms with E-state index >= 15 is 0 Å². The average Bonchev–Trinajstić information content (AvgIpc) is 1.86. The number of hydrazone groups is 1. The minimum Gasteiger partial charge on any atom is -0.305 e. The van der Waals surface area contributed by atoms with Crippen molar-refractivity contribution in [1.29, 1.82) is 0 Å². The van der Waals surface area contributed by atoms with E-state index in [-0.39, 0.29) is 11.2 Å². The summed E-state index contributed by atoms with van der Waals surface area (Å²) in [5.74, 6) is -0.210. The first-order valence-electron chi connectivity index (χ1n) is 2.74. The van der Waals surface area contributed by atoms with Crippen LogP contribution in [0.5, 0.6) is 0 Å². The van der Waals surface area contributed by atoms with Gasteiger partial charge in [-0.15, -0.1) is 0 Å². The van der Waals surface area contributed by atoms with Crippen molar-refractivity contribution < 1.29 is 15.2 Å². The van der Waals surface area contributed by atoms with Gasteiger partial charge in [-0.3, -0.25) is 15.2 Å². The van der Waals surface area contributed by atoms with E-state index in [4.69, 9.17) is 10.4 Å².